The number of carbonyl (C=O) groups excluding carboxylic acids is 2. The van der Waals surface area contributed by atoms with Crippen molar-refractivity contribution in [2.75, 3.05) is 65.4 Å². The van der Waals surface area contributed by atoms with Crippen molar-refractivity contribution < 1.29 is 9.59 Å². The SMILES string of the molecule is C.C.C.C#CCCC1CCCC=C1N1CCCC1.C#CCCC1CCCCC1=O.C1=C(N2CCCC2)CCCC1.C1=C(N2CCCC2)CCCC1.C1CCNC1.C=CC#N.N#CCCC1CCCC=C1N1CCCC1.O=C1CCCCC1. The van der Waals surface area contributed by atoms with Crippen molar-refractivity contribution in [1.29, 1.82) is 10.5 Å². The lowest BCUT2D eigenvalue weighted by Crippen LogP contribution is -2.26. The minimum absolute atomic E-state index is 0. The van der Waals surface area contributed by atoms with Gasteiger partial charge in [-0.3, -0.25) is 9.59 Å². The third-order valence-electron chi connectivity index (χ3n) is 17.6. The third kappa shape index (κ3) is 31.8. The Morgan fingerprint density at radius 2 is 0.841 bits per heavy atom. The van der Waals surface area contributed by atoms with Crippen LogP contribution in [0.3, 0.4) is 0 Å². The van der Waals surface area contributed by atoms with Crippen LogP contribution in [0.15, 0.2) is 59.7 Å². The number of rotatable bonds is 10. The summed E-state index contributed by atoms with van der Waals surface area (Å²) in [6.45, 7) is 16.0. The first-order valence-electron chi connectivity index (χ1n) is 32.7. The van der Waals surface area contributed by atoms with Gasteiger partial charge in [-0.15, -0.1) is 24.7 Å². The van der Waals surface area contributed by atoms with Gasteiger partial charge in [-0.25, -0.2) is 0 Å². The van der Waals surface area contributed by atoms with Crippen LogP contribution in [0.2, 0.25) is 0 Å². The maximum atomic E-state index is 11.2. The van der Waals surface area contributed by atoms with Crippen molar-refractivity contribution in [2.24, 2.45) is 17.8 Å². The topological polar surface area (TPSA) is 107 Å². The fourth-order valence-electron chi connectivity index (χ4n) is 13.1. The standard InChI is InChI=1S/C14H21N.C13H20N2.2C10H17N.C10H14O.C6H10O.C4H9N.C3H3N.3CH4/c1-2-3-8-13-9-4-5-10-14(13)15-11-6-7-12-15;14-9-5-7-12-6-1-2-8-13(12)15-10-3-4-11-15;2*1-2-6-10(7-3-1)11-8-4-5-9-11;1-2-3-6-9-7-4-5-8-10(9)11;7-6-4-2-1-3-5-6;1-2-4-5-3-1;1-2-3-4;;;/h1,10,13H,3-9,11-12H2;8,12H,1-7,10-11H2;2*6H,1-5,7-9H2;1,9H,3-8H2;1-5H2;5H,1-4H2;2H,1H2;3*1H4. The normalized spacial score (nSPS) is 23.3. The Balaban J connectivity index is 0.000000479. The molecule has 5 heterocycles. The Kier molecular flexibility index (Phi) is 45.6. The van der Waals surface area contributed by atoms with Crippen LogP contribution in [0.4, 0.5) is 0 Å². The van der Waals surface area contributed by atoms with Crippen LogP contribution in [-0.2, 0) is 9.59 Å². The molecule has 2 saturated carbocycles. The maximum Gasteiger partial charge on any atom is 0.136 e. The lowest BCUT2D eigenvalue weighted by Gasteiger charge is -2.31. The molecule has 462 valence electrons. The number of nitrogens with one attached hydrogen (secondary N) is 1. The van der Waals surface area contributed by atoms with E-state index < -0.39 is 0 Å². The van der Waals surface area contributed by atoms with Crippen LogP contribution in [0.25, 0.3) is 0 Å². The monoisotopic (exact) mass is 1130 g/mol. The Labute approximate surface area is 506 Å². The predicted molar refractivity (Wildman–Crippen MR) is 351 cm³/mol. The zero-order valence-corrected chi connectivity index (χ0v) is 50.1. The zero-order valence-electron chi connectivity index (χ0n) is 50.1. The van der Waals surface area contributed by atoms with Gasteiger partial charge in [-0.05, 0) is 224 Å². The van der Waals surface area contributed by atoms with E-state index in [4.69, 9.17) is 23.4 Å². The van der Waals surface area contributed by atoms with Crippen LogP contribution in [-0.4, -0.2) is 96.6 Å². The first-order chi connectivity index (χ1) is 38.9. The number of nitrogens with zero attached hydrogens (tertiary/aromatic N) is 6. The molecule has 9 nitrogen and oxygen atoms in total. The van der Waals surface area contributed by atoms with Crippen molar-refractivity contribution in [3.05, 3.63) is 59.7 Å². The van der Waals surface area contributed by atoms with Gasteiger partial charge >= 0.3 is 0 Å². The summed E-state index contributed by atoms with van der Waals surface area (Å²) < 4.78 is 0. The number of ketones is 2. The molecule has 0 amide bonds. The van der Waals surface area contributed by atoms with E-state index >= 15 is 0 Å². The first kappa shape index (κ1) is 75.3. The average molecular weight is 1130 g/mol. The summed E-state index contributed by atoms with van der Waals surface area (Å²) in [5, 5.41) is 19.4. The number of hydrogen-bond acceptors (Lipinski definition) is 9. The summed E-state index contributed by atoms with van der Waals surface area (Å²) in [6.07, 6.45) is 69.2. The zero-order chi connectivity index (χ0) is 56.2. The minimum atomic E-state index is 0. The van der Waals surface area contributed by atoms with Crippen LogP contribution >= 0.6 is 0 Å². The Bertz CT molecular complexity index is 1870. The number of Topliss-reactive ketones (excluding diaryl/α,β-unsaturated/α-hetero) is 2. The molecular weight excluding hydrogens is 1010 g/mol. The van der Waals surface area contributed by atoms with Gasteiger partial charge in [0.2, 0.25) is 0 Å². The summed E-state index contributed by atoms with van der Waals surface area (Å²) in [5.74, 6) is 7.99. The van der Waals surface area contributed by atoms with Crippen LogP contribution in [0.1, 0.15) is 273 Å². The number of nitriles is 2. The van der Waals surface area contributed by atoms with Gasteiger partial charge in [-0.1, -0.05) is 66.0 Å². The van der Waals surface area contributed by atoms with E-state index in [9.17, 15) is 9.59 Å². The quantitative estimate of drug-likeness (QED) is 0.169. The molecule has 6 aliphatic carbocycles. The van der Waals surface area contributed by atoms with Gasteiger partial charge in [0.05, 0.1) is 12.1 Å². The average Bonchev–Trinajstić information content (AvgIpc) is 4.40. The molecule has 0 aromatic heterocycles. The molecule has 1 N–H and O–H groups in total. The van der Waals surface area contributed by atoms with E-state index in [0.717, 1.165) is 83.0 Å². The highest BCUT2D eigenvalue weighted by atomic mass is 16.1. The summed E-state index contributed by atoms with van der Waals surface area (Å²) in [5.41, 5.74) is 6.48. The fraction of sp³-hybridized carbons (Fsp3) is 0.753. The summed E-state index contributed by atoms with van der Waals surface area (Å²) in [6, 6.07) is 3.97. The molecule has 0 radical (unpaired) electrons. The molecule has 3 atom stereocenters. The van der Waals surface area contributed by atoms with Gasteiger partial charge in [0.25, 0.3) is 0 Å². The van der Waals surface area contributed by atoms with E-state index in [1.165, 1.54) is 245 Å². The Morgan fingerprint density at radius 3 is 1.18 bits per heavy atom. The number of likely N-dealkylation sites (tertiary alicyclic amines) is 4. The highest BCUT2D eigenvalue weighted by Crippen LogP contribution is 2.34. The Hall–Kier alpha value is -4.70. The van der Waals surface area contributed by atoms with E-state index in [2.05, 4.69) is 73.7 Å². The van der Waals surface area contributed by atoms with Crippen LogP contribution < -0.4 is 5.32 Å². The van der Waals surface area contributed by atoms with E-state index in [1.54, 1.807) is 28.9 Å². The molecule has 0 bridgehead atoms. The minimum Gasteiger partial charge on any atom is -0.375 e. The van der Waals surface area contributed by atoms with Crippen molar-refractivity contribution >= 4 is 11.6 Å². The molecule has 0 aromatic carbocycles. The van der Waals surface area contributed by atoms with Gasteiger partial charge < -0.3 is 24.9 Å². The third-order valence-corrected chi connectivity index (χ3v) is 17.6. The van der Waals surface area contributed by atoms with Gasteiger partial charge in [-0.2, -0.15) is 10.5 Å². The number of terminal acetylenes is 2. The molecule has 5 saturated heterocycles. The second kappa shape index (κ2) is 49.7. The smallest absolute Gasteiger partial charge is 0.136 e. The molecule has 9 heteroatoms. The number of allylic oxidation sites excluding steroid dienone is 9. The van der Waals surface area contributed by atoms with E-state index in [0.29, 0.717) is 23.4 Å². The van der Waals surface area contributed by atoms with Crippen LogP contribution in [0.5, 0.6) is 0 Å². The van der Waals surface area contributed by atoms with Gasteiger partial charge in [0, 0.05) is 126 Å². The second-order valence-electron chi connectivity index (χ2n) is 23.7. The Morgan fingerprint density at radius 1 is 0.463 bits per heavy atom. The predicted octanol–water partition coefficient (Wildman–Crippen LogP) is 18.0. The van der Waals surface area contributed by atoms with Crippen molar-refractivity contribution in [3.63, 3.8) is 0 Å². The lowest BCUT2D eigenvalue weighted by atomic mass is 9.85. The molecule has 82 heavy (non-hydrogen) atoms. The maximum absolute atomic E-state index is 11.2. The lowest BCUT2D eigenvalue weighted by molar-refractivity contribution is -0.124. The molecule has 7 fully saturated rings. The molecular formula is C73H123N7O2. The molecule has 0 spiro atoms. The van der Waals surface area contributed by atoms with Crippen molar-refractivity contribution in [2.45, 2.75) is 273 Å². The van der Waals surface area contributed by atoms with Crippen LogP contribution in [0, 0.1) is 65.1 Å². The molecule has 0 aromatic rings. The fourth-order valence-corrected chi connectivity index (χ4v) is 13.1. The molecule has 3 unspecified atom stereocenters. The number of hydrogen-bond donors (Lipinski definition) is 1. The first-order valence-corrected chi connectivity index (χ1v) is 32.7. The van der Waals surface area contributed by atoms with Gasteiger partial charge in [0.1, 0.15) is 11.6 Å². The second-order valence-corrected chi connectivity index (χ2v) is 23.7. The molecule has 11 aliphatic rings. The summed E-state index contributed by atoms with van der Waals surface area (Å²) in [4.78, 5) is 32.0. The van der Waals surface area contributed by atoms with E-state index in [1.807, 2.05) is 0 Å². The largest absolute Gasteiger partial charge is 0.375 e. The molecule has 11 rings (SSSR count). The summed E-state index contributed by atoms with van der Waals surface area (Å²) >= 11 is 0. The highest BCUT2D eigenvalue weighted by Gasteiger charge is 2.26. The summed E-state index contributed by atoms with van der Waals surface area (Å²) in [7, 11) is 0. The number of carbonyl (C=O) groups is 2. The highest BCUT2D eigenvalue weighted by molar-refractivity contribution is 5.81. The molecule has 5 aliphatic heterocycles. The van der Waals surface area contributed by atoms with E-state index in [-0.39, 0.29) is 22.3 Å². The van der Waals surface area contributed by atoms with Gasteiger partial charge in [0.15, 0.2) is 0 Å². The van der Waals surface area contributed by atoms with Crippen molar-refractivity contribution in [3.8, 4) is 36.8 Å². The van der Waals surface area contributed by atoms with Crippen molar-refractivity contribution in [1.82, 2.24) is 24.9 Å².